The first-order valence-electron chi connectivity index (χ1n) is 8.57. The Labute approximate surface area is 152 Å². The summed E-state index contributed by atoms with van der Waals surface area (Å²) in [5, 5.41) is 17.7. The van der Waals surface area contributed by atoms with Gasteiger partial charge in [0.1, 0.15) is 5.75 Å². The van der Waals surface area contributed by atoms with Gasteiger partial charge in [-0.1, -0.05) is 12.1 Å². The molecule has 1 aromatic carbocycles. The van der Waals surface area contributed by atoms with Crippen molar-refractivity contribution in [2.45, 2.75) is 0 Å². The quantitative estimate of drug-likeness (QED) is 0.844. The Kier molecular flexibility index (Phi) is 5.85. The Bertz CT molecular complexity index is 720. The van der Waals surface area contributed by atoms with Crippen molar-refractivity contribution in [3.05, 3.63) is 42.6 Å². The van der Waals surface area contributed by atoms with E-state index in [1.165, 1.54) is 4.90 Å². The average Bonchev–Trinajstić information content (AvgIpc) is 2.69. The number of para-hydroxylation sites is 2. The van der Waals surface area contributed by atoms with Gasteiger partial charge in [0.05, 0.1) is 12.8 Å². The van der Waals surface area contributed by atoms with Gasteiger partial charge >= 0.3 is 6.09 Å². The molecule has 1 saturated heterocycles. The number of carboxylic acid groups (broad SMARTS) is 1. The number of benzene rings is 1. The van der Waals surface area contributed by atoms with Crippen molar-refractivity contribution in [1.82, 2.24) is 15.1 Å². The van der Waals surface area contributed by atoms with Crippen LogP contribution in [0.2, 0.25) is 0 Å². The molecule has 1 aliphatic heterocycles. The predicted octanol–water partition coefficient (Wildman–Crippen LogP) is 1.79. The van der Waals surface area contributed by atoms with Crippen molar-refractivity contribution in [1.29, 1.82) is 0 Å². The van der Waals surface area contributed by atoms with Crippen LogP contribution < -0.4 is 14.5 Å². The van der Waals surface area contributed by atoms with E-state index >= 15 is 0 Å². The molecule has 3 rings (SSSR count). The van der Waals surface area contributed by atoms with Gasteiger partial charge in [-0.2, -0.15) is 5.10 Å². The summed E-state index contributed by atoms with van der Waals surface area (Å²) in [5.41, 5.74) is 0.570. The maximum Gasteiger partial charge on any atom is 0.411 e. The van der Waals surface area contributed by atoms with Gasteiger partial charge in [0.25, 0.3) is 0 Å². The minimum absolute atomic E-state index is 0.390. The van der Waals surface area contributed by atoms with Gasteiger partial charge in [0, 0.05) is 45.5 Å². The second-order valence-electron chi connectivity index (χ2n) is 6.02. The number of hydrogen-bond acceptors (Lipinski definition) is 6. The van der Waals surface area contributed by atoms with Crippen molar-refractivity contribution in [3.63, 3.8) is 0 Å². The van der Waals surface area contributed by atoms with E-state index < -0.39 is 6.09 Å². The van der Waals surface area contributed by atoms with Crippen molar-refractivity contribution in [3.8, 4) is 5.75 Å². The Morgan fingerprint density at radius 1 is 1.19 bits per heavy atom. The van der Waals surface area contributed by atoms with E-state index in [0.29, 0.717) is 24.5 Å². The standard InChI is InChI=1S/C18H23N5O3/c1-26-16-6-3-2-5-15(16)23(18(24)25)14-11-21-9-12-22(13-10-21)17-7-4-8-19-20-17/h2-8H,9-14H2,1H3,(H,24,25). The summed E-state index contributed by atoms with van der Waals surface area (Å²) in [4.78, 5) is 17.5. The number of anilines is 2. The highest BCUT2D eigenvalue weighted by Gasteiger charge is 2.22. The van der Waals surface area contributed by atoms with Crippen LogP contribution in [0.5, 0.6) is 5.75 Å². The predicted molar refractivity (Wildman–Crippen MR) is 99.0 cm³/mol. The summed E-state index contributed by atoms with van der Waals surface area (Å²) in [5.74, 6) is 1.44. The van der Waals surface area contributed by atoms with E-state index in [9.17, 15) is 9.90 Å². The number of hydrogen-bond donors (Lipinski definition) is 1. The Balaban J connectivity index is 1.57. The fraction of sp³-hybridized carbons (Fsp3) is 0.389. The van der Waals surface area contributed by atoms with Crippen LogP contribution in [0.25, 0.3) is 0 Å². The van der Waals surface area contributed by atoms with Gasteiger partial charge in [-0.25, -0.2) is 4.79 Å². The summed E-state index contributed by atoms with van der Waals surface area (Å²) in [6.45, 7) is 4.46. The van der Waals surface area contributed by atoms with Crippen molar-refractivity contribution < 1.29 is 14.6 Å². The Morgan fingerprint density at radius 2 is 1.96 bits per heavy atom. The third kappa shape index (κ3) is 4.20. The molecule has 1 aliphatic rings. The normalized spacial score (nSPS) is 14.9. The molecule has 0 aliphatic carbocycles. The smallest absolute Gasteiger partial charge is 0.411 e. The molecule has 2 aromatic rings. The first-order valence-corrected chi connectivity index (χ1v) is 8.57. The van der Waals surface area contributed by atoms with Crippen LogP contribution in [0.3, 0.4) is 0 Å². The van der Waals surface area contributed by atoms with Gasteiger partial charge < -0.3 is 14.7 Å². The highest BCUT2D eigenvalue weighted by atomic mass is 16.5. The van der Waals surface area contributed by atoms with Crippen LogP contribution in [0.1, 0.15) is 0 Å². The number of ether oxygens (including phenoxy) is 1. The second kappa shape index (κ2) is 8.48. The van der Waals surface area contributed by atoms with Gasteiger partial charge in [0.15, 0.2) is 5.82 Å². The first-order chi connectivity index (χ1) is 12.7. The van der Waals surface area contributed by atoms with Crippen LogP contribution in [0.4, 0.5) is 16.3 Å². The van der Waals surface area contributed by atoms with E-state index in [1.54, 1.807) is 25.4 Å². The van der Waals surface area contributed by atoms with Crippen LogP contribution >= 0.6 is 0 Å². The summed E-state index contributed by atoms with van der Waals surface area (Å²) in [6, 6.07) is 11.0. The van der Waals surface area contributed by atoms with Crippen LogP contribution in [0.15, 0.2) is 42.6 Å². The molecule has 26 heavy (non-hydrogen) atoms. The monoisotopic (exact) mass is 357 g/mol. The zero-order valence-corrected chi connectivity index (χ0v) is 14.8. The molecule has 0 radical (unpaired) electrons. The summed E-state index contributed by atoms with van der Waals surface area (Å²) in [7, 11) is 1.55. The second-order valence-corrected chi connectivity index (χ2v) is 6.02. The topological polar surface area (TPSA) is 82.0 Å². The maximum absolute atomic E-state index is 11.7. The molecule has 8 heteroatoms. The fourth-order valence-electron chi connectivity index (χ4n) is 3.08. The Morgan fingerprint density at radius 3 is 2.62 bits per heavy atom. The van der Waals surface area contributed by atoms with Crippen molar-refractivity contribution >= 4 is 17.6 Å². The minimum atomic E-state index is -0.979. The molecule has 2 heterocycles. The van der Waals surface area contributed by atoms with Gasteiger partial charge in [0.2, 0.25) is 0 Å². The molecule has 0 spiro atoms. The van der Waals surface area contributed by atoms with Crippen LogP contribution in [-0.2, 0) is 0 Å². The number of piperazine rings is 1. The first kappa shape index (κ1) is 17.9. The molecular weight excluding hydrogens is 334 g/mol. The molecular formula is C18H23N5O3. The largest absolute Gasteiger partial charge is 0.495 e. The molecule has 0 saturated carbocycles. The lowest BCUT2D eigenvalue weighted by Gasteiger charge is -2.35. The zero-order valence-electron chi connectivity index (χ0n) is 14.8. The van der Waals surface area contributed by atoms with Crippen LogP contribution in [-0.4, -0.2) is 72.7 Å². The lowest BCUT2D eigenvalue weighted by atomic mass is 10.2. The van der Waals surface area contributed by atoms with Gasteiger partial charge in [-0.05, 0) is 24.3 Å². The van der Waals surface area contributed by atoms with E-state index in [-0.39, 0.29) is 0 Å². The number of amides is 1. The summed E-state index contributed by atoms with van der Waals surface area (Å²) < 4.78 is 5.29. The van der Waals surface area contributed by atoms with E-state index in [1.807, 2.05) is 24.3 Å². The van der Waals surface area contributed by atoms with Gasteiger partial charge in [-0.15, -0.1) is 5.10 Å². The van der Waals surface area contributed by atoms with E-state index in [0.717, 1.165) is 32.0 Å². The average molecular weight is 357 g/mol. The molecule has 1 fully saturated rings. The zero-order chi connectivity index (χ0) is 18.4. The summed E-state index contributed by atoms with van der Waals surface area (Å²) in [6.07, 6.45) is 0.686. The molecule has 1 amide bonds. The van der Waals surface area contributed by atoms with Crippen molar-refractivity contribution in [2.75, 3.05) is 56.2 Å². The van der Waals surface area contributed by atoms with E-state index in [2.05, 4.69) is 20.0 Å². The number of aromatic nitrogens is 2. The molecule has 0 atom stereocenters. The third-order valence-corrected chi connectivity index (χ3v) is 4.50. The molecule has 1 aromatic heterocycles. The SMILES string of the molecule is COc1ccccc1N(CCN1CCN(c2cccnn2)CC1)C(=O)O. The number of methoxy groups -OCH3 is 1. The third-order valence-electron chi connectivity index (χ3n) is 4.50. The highest BCUT2D eigenvalue weighted by Crippen LogP contribution is 2.27. The molecule has 0 unspecified atom stereocenters. The van der Waals surface area contributed by atoms with E-state index in [4.69, 9.17) is 4.74 Å². The van der Waals surface area contributed by atoms with Gasteiger partial charge in [-0.3, -0.25) is 9.80 Å². The fourth-order valence-corrected chi connectivity index (χ4v) is 3.08. The lowest BCUT2D eigenvalue weighted by molar-refractivity contribution is 0.198. The van der Waals surface area contributed by atoms with Crippen molar-refractivity contribution in [2.24, 2.45) is 0 Å². The number of rotatable bonds is 6. The lowest BCUT2D eigenvalue weighted by Crippen LogP contribution is -2.49. The number of nitrogens with zero attached hydrogens (tertiary/aromatic N) is 5. The Hall–Kier alpha value is -2.87. The van der Waals surface area contributed by atoms with Crippen LogP contribution in [0, 0.1) is 0 Å². The molecule has 1 N–H and O–H groups in total. The number of carbonyl (C=O) groups is 1. The highest BCUT2D eigenvalue weighted by molar-refractivity contribution is 5.88. The molecule has 138 valence electrons. The minimum Gasteiger partial charge on any atom is -0.495 e. The molecule has 8 nitrogen and oxygen atoms in total. The summed E-state index contributed by atoms with van der Waals surface area (Å²) >= 11 is 0. The maximum atomic E-state index is 11.7. The molecule has 0 bridgehead atoms.